The summed E-state index contributed by atoms with van der Waals surface area (Å²) in [5.74, 6) is 1.91. The van der Waals surface area contributed by atoms with Gasteiger partial charge in [-0.1, -0.05) is 73.1 Å². The van der Waals surface area contributed by atoms with Crippen LogP contribution in [0.4, 0.5) is 0 Å². The molecule has 1 amide bonds. The molecule has 1 aromatic rings. The van der Waals surface area contributed by atoms with Gasteiger partial charge >= 0.3 is 5.97 Å². The smallest absolute Gasteiger partial charge is 0.335 e. The predicted molar refractivity (Wildman–Crippen MR) is 199 cm³/mol. The maximum atomic E-state index is 14.3. The first-order valence-electron chi connectivity index (χ1n) is 19.7. The van der Waals surface area contributed by atoms with Crippen LogP contribution in [0.15, 0.2) is 30.3 Å². The standard InChI is InChI=1S/C42H62N2O5S/c1-27(2)35(44-23-25-50(48,49)26-24-44)36(45)43-42-18-8-9-32(42)31-14-15-34-39(5)19-16-30(28-10-12-29(13-11-28)37(46)47)38(3,4)33(39)17-20-41(34,7)40(31,6)21-22-42/h10-13,16,27,31-35H,8-9,14-15,17-26H2,1-7H3,(H,43,45)(H,46,47)/t31-,32?,33?,34?,35?,39+,40-,41-,42+/m1/s1. The third kappa shape index (κ3) is 5.38. The average Bonchev–Trinajstić information content (AvgIpc) is 3.45. The minimum Gasteiger partial charge on any atom is -0.478 e. The number of hydrogen-bond acceptors (Lipinski definition) is 5. The summed E-state index contributed by atoms with van der Waals surface area (Å²) in [4.78, 5) is 28.0. The molecule has 1 aliphatic heterocycles. The molecule has 4 unspecified atom stereocenters. The molecule has 0 radical (unpaired) electrons. The zero-order valence-electron chi connectivity index (χ0n) is 31.7. The second-order valence-corrected chi connectivity index (χ2v) is 21.4. The Morgan fingerprint density at radius 1 is 0.840 bits per heavy atom. The van der Waals surface area contributed by atoms with E-state index in [0.29, 0.717) is 42.3 Å². The number of aromatic carboxylic acids is 1. The van der Waals surface area contributed by atoms with E-state index in [1.165, 1.54) is 44.1 Å². The summed E-state index contributed by atoms with van der Waals surface area (Å²) in [7, 11) is -3.01. The van der Waals surface area contributed by atoms with Crippen LogP contribution in [-0.2, 0) is 14.6 Å². The number of carboxylic acid groups (broad SMARTS) is 1. The Bertz CT molecular complexity index is 1650. The normalized spacial score (nSPS) is 41.2. The molecule has 1 heterocycles. The van der Waals surface area contributed by atoms with Crippen molar-refractivity contribution in [3.8, 4) is 0 Å². The molecule has 5 aliphatic carbocycles. The van der Waals surface area contributed by atoms with Crippen molar-refractivity contribution in [2.75, 3.05) is 24.6 Å². The number of fused-ring (bicyclic) bond motifs is 7. The lowest BCUT2D eigenvalue weighted by Gasteiger charge is -2.72. The third-order valence-electron chi connectivity index (χ3n) is 16.4. The van der Waals surface area contributed by atoms with Crippen LogP contribution < -0.4 is 5.32 Å². The van der Waals surface area contributed by atoms with Crippen LogP contribution in [0.5, 0.6) is 0 Å². The van der Waals surface area contributed by atoms with E-state index in [1.54, 1.807) is 12.1 Å². The molecule has 50 heavy (non-hydrogen) atoms. The lowest BCUT2D eigenvalue weighted by molar-refractivity contribution is -0.217. The highest BCUT2D eigenvalue weighted by Crippen LogP contribution is 2.76. The van der Waals surface area contributed by atoms with E-state index >= 15 is 0 Å². The summed E-state index contributed by atoms with van der Waals surface area (Å²) >= 11 is 0. The molecule has 0 aromatic heterocycles. The summed E-state index contributed by atoms with van der Waals surface area (Å²) < 4.78 is 24.4. The van der Waals surface area contributed by atoms with Crippen molar-refractivity contribution in [3.63, 3.8) is 0 Å². The molecule has 2 N–H and O–H groups in total. The Morgan fingerprint density at radius 2 is 1.52 bits per heavy atom. The molecule has 7 nitrogen and oxygen atoms in total. The summed E-state index contributed by atoms with van der Waals surface area (Å²) in [6.07, 6.45) is 14.1. The first kappa shape index (κ1) is 36.2. The van der Waals surface area contributed by atoms with Crippen molar-refractivity contribution in [2.45, 2.75) is 124 Å². The number of nitrogens with one attached hydrogen (secondary N) is 1. The van der Waals surface area contributed by atoms with Gasteiger partial charge in [0, 0.05) is 18.6 Å². The van der Waals surface area contributed by atoms with Gasteiger partial charge in [-0.2, -0.15) is 0 Å². The Balaban J connectivity index is 1.14. The maximum Gasteiger partial charge on any atom is 0.335 e. The molecule has 7 rings (SSSR count). The van der Waals surface area contributed by atoms with E-state index in [2.05, 4.69) is 64.8 Å². The number of rotatable bonds is 6. The molecular weight excluding hydrogens is 645 g/mol. The first-order chi connectivity index (χ1) is 23.4. The number of hydrogen-bond donors (Lipinski definition) is 2. The number of carbonyl (C=O) groups excluding carboxylic acids is 1. The van der Waals surface area contributed by atoms with Gasteiger partial charge in [0.25, 0.3) is 0 Å². The third-order valence-corrected chi connectivity index (χ3v) is 18.0. The van der Waals surface area contributed by atoms with Crippen molar-refractivity contribution >= 4 is 27.3 Å². The van der Waals surface area contributed by atoms with Gasteiger partial charge in [-0.25, -0.2) is 13.2 Å². The topological polar surface area (TPSA) is 104 Å². The summed E-state index contributed by atoms with van der Waals surface area (Å²) in [6, 6.07) is 7.23. The van der Waals surface area contributed by atoms with Gasteiger partial charge in [0.05, 0.1) is 23.1 Å². The van der Waals surface area contributed by atoms with Crippen LogP contribution in [0.2, 0.25) is 0 Å². The molecule has 0 bridgehead atoms. The number of sulfone groups is 1. The largest absolute Gasteiger partial charge is 0.478 e. The number of amides is 1. The van der Waals surface area contributed by atoms with E-state index in [9.17, 15) is 23.1 Å². The minimum atomic E-state index is -3.01. The predicted octanol–water partition coefficient (Wildman–Crippen LogP) is 7.86. The quantitative estimate of drug-likeness (QED) is 0.312. The summed E-state index contributed by atoms with van der Waals surface area (Å²) in [6.45, 7) is 17.9. The molecule has 1 saturated heterocycles. The van der Waals surface area contributed by atoms with Gasteiger partial charge < -0.3 is 10.4 Å². The lowest BCUT2D eigenvalue weighted by Crippen LogP contribution is -2.68. The molecular formula is C42H62N2O5S. The highest BCUT2D eigenvalue weighted by molar-refractivity contribution is 7.91. The number of benzene rings is 1. The van der Waals surface area contributed by atoms with Gasteiger partial charge in [0.1, 0.15) is 0 Å². The van der Waals surface area contributed by atoms with Gasteiger partial charge in [-0.3, -0.25) is 9.69 Å². The fraction of sp³-hybridized carbons (Fsp3) is 0.762. The zero-order chi connectivity index (χ0) is 36.1. The number of carbonyl (C=O) groups is 2. The Hall–Kier alpha value is -2.19. The second kappa shape index (κ2) is 12.2. The van der Waals surface area contributed by atoms with Gasteiger partial charge in [0.2, 0.25) is 5.91 Å². The van der Waals surface area contributed by atoms with Crippen molar-refractivity contribution in [3.05, 3.63) is 41.5 Å². The molecule has 6 aliphatic rings. The average molecular weight is 707 g/mol. The van der Waals surface area contributed by atoms with Crippen LogP contribution in [0, 0.1) is 51.2 Å². The SMILES string of the molecule is CC(C)C(C(=O)N[C@]12CCCC1[C@H]1CCC3[C@@]4(C)CC=C(c5ccc(C(=O)O)cc5)C(C)(C)C4CC[C@@]3(C)[C@]1(C)CC2)N1CCS(=O)(=O)CC1. The lowest BCUT2D eigenvalue weighted by atomic mass is 9.33. The fourth-order valence-corrected chi connectivity index (χ4v) is 15.1. The Labute approximate surface area is 301 Å². The zero-order valence-corrected chi connectivity index (χ0v) is 32.5. The highest BCUT2D eigenvalue weighted by atomic mass is 32.2. The van der Waals surface area contributed by atoms with Crippen LogP contribution >= 0.6 is 0 Å². The van der Waals surface area contributed by atoms with E-state index < -0.39 is 15.8 Å². The summed E-state index contributed by atoms with van der Waals surface area (Å²) in [5, 5.41) is 13.2. The number of allylic oxidation sites excluding steroid dienone is 2. The Morgan fingerprint density at radius 3 is 2.16 bits per heavy atom. The summed E-state index contributed by atoms with van der Waals surface area (Å²) in [5.41, 5.74) is 3.33. The molecule has 1 aromatic carbocycles. The van der Waals surface area contributed by atoms with Crippen molar-refractivity contribution in [1.29, 1.82) is 0 Å². The first-order valence-corrected chi connectivity index (χ1v) is 21.5. The van der Waals surface area contributed by atoms with Crippen LogP contribution in [-0.4, -0.2) is 66.5 Å². The number of carboxylic acids is 1. The van der Waals surface area contributed by atoms with Gasteiger partial charge in [-0.05, 0) is 132 Å². The van der Waals surface area contributed by atoms with Gasteiger partial charge in [0.15, 0.2) is 9.84 Å². The minimum absolute atomic E-state index is 0.0141. The van der Waals surface area contributed by atoms with Crippen LogP contribution in [0.3, 0.4) is 0 Å². The number of nitrogens with zero attached hydrogens (tertiary/aromatic N) is 1. The monoisotopic (exact) mass is 706 g/mol. The molecule has 5 fully saturated rings. The Kier molecular flexibility index (Phi) is 8.81. The van der Waals surface area contributed by atoms with E-state index in [0.717, 1.165) is 31.2 Å². The fourth-order valence-electron chi connectivity index (χ4n) is 13.9. The van der Waals surface area contributed by atoms with E-state index in [-0.39, 0.29) is 56.6 Å². The molecule has 4 saturated carbocycles. The molecule has 9 atom stereocenters. The van der Waals surface area contributed by atoms with Crippen molar-refractivity contribution in [2.24, 2.45) is 51.2 Å². The maximum absolute atomic E-state index is 14.3. The van der Waals surface area contributed by atoms with Crippen molar-refractivity contribution in [1.82, 2.24) is 10.2 Å². The van der Waals surface area contributed by atoms with Crippen molar-refractivity contribution < 1.29 is 23.1 Å². The molecule has 0 spiro atoms. The molecule has 8 heteroatoms. The molecule has 276 valence electrons. The highest BCUT2D eigenvalue weighted by Gasteiger charge is 2.69. The van der Waals surface area contributed by atoms with E-state index in [4.69, 9.17) is 0 Å². The second-order valence-electron chi connectivity index (χ2n) is 19.1. The van der Waals surface area contributed by atoms with Crippen LogP contribution in [0.25, 0.3) is 5.57 Å². The van der Waals surface area contributed by atoms with E-state index in [1.807, 2.05) is 12.1 Å². The van der Waals surface area contributed by atoms with Gasteiger partial charge in [-0.15, -0.1) is 0 Å². The van der Waals surface area contributed by atoms with Crippen LogP contribution in [0.1, 0.15) is 129 Å².